The first kappa shape index (κ1) is 12.6. The second-order valence-corrected chi connectivity index (χ2v) is 4.02. The van der Waals surface area contributed by atoms with E-state index < -0.39 is 11.9 Å². The quantitative estimate of drug-likeness (QED) is 0.602. The van der Waals surface area contributed by atoms with Crippen molar-refractivity contribution in [1.29, 1.82) is 0 Å². The van der Waals surface area contributed by atoms with Crippen LogP contribution in [0.1, 0.15) is 21.9 Å². The Balaban J connectivity index is 2.21. The molecule has 0 saturated carbocycles. The number of carbonyl (C=O) groups is 2. The molecule has 1 rings (SSSR count). The Kier molecular flexibility index (Phi) is 4.87. The molecule has 0 aliphatic rings. The van der Waals surface area contributed by atoms with E-state index in [1.165, 1.54) is 16.7 Å². The van der Waals surface area contributed by atoms with Crippen molar-refractivity contribution in [3.63, 3.8) is 0 Å². The lowest BCUT2D eigenvalue weighted by Crippen LogP contribution is -2.20. The van der Waals surface area contributed by atoms with Crippen LogP contribution in [0.4, 0.5) is 0 Å². The second-order valence-electron chi connectivity index (χ2n) is 3.08. The van der Waals surface area contributed by atoms with E-state index in [0.29, 0.717) is 19.5 Å². The molecule has 88 valence electrons. The number of rotatable bonds is 7. The van der Waals surface area contributed by atoms with Gasteiger partial charge in [-0.3, -0.25) is 4.79 Å². The van der Waals surface area contributed by atoms with Gasteiger partial charge in [-0.15, -0.1) is 11.3 Å². The summed E-state index contributed by atoms with van der Waals surface area (Å²) >= 11 is 1.29. The predicted octanol–water partition coefficient (Wildman–Crippen LogP) is 0.448. The van der Waals surface area contributed by atoms with Crippen molar-refractivity contribution in [2.75, 3.05) is 13.1 Å². The standard InChI is InChI=1S/C9H12N2O4S/c12-8(13)2-4-10-3-1-7-11-6(5-16-7)9(14)15/h5,10H,1-4H2,(H,12,13)(H,14,15). The third-order valence-corrected chi connectivity index (χ3v) is 2.71. The Morgan fingerprint density at radius 3 is 2.69 bits per heavy atom. The lowest BCUT2D eigenvalue weighted by molar-refractivity contribution is -0.136. The number of aromatic nitrogens is 1. The number of nitrogens with zero attached hydrogens (tertiary/aromatic N) is 1. The topological polar surface area (TPSA) is 99.5 Å². The third kappa shape index (κ3) is 4.37. The molecule has 7 heteroatoms. The average molecular weight is 244 g/mol. The van der Waals surface area contributed by atoms with Crippen LogP contribution in [-0.2, 0) is 11.2 Å². The molecular weight excluding hydrogens is 232 g/mol. The molecule has 0 saturated heterocycles. The van der Waals surface area contributed by atoms with Gasteiger partial charge in [0.1, 0.15) is 0 Å². The van der Waals surface area contributed by atoms with Crippen molar-refractivity contribution >= 4 is 23.3 Å². The summed E-state index contributed by atoms with van der Waals surface area (Å²) in [5.74, 6) is -1.86. The van der Waals surface area contributed by atoms with E-state index in [9.17, 15) is 9.59 Å². The van der Waals surface area contributed by atoms with Crippen molar-refractivity contribution in [3.8, 4) is 0 Å². The third-order valence-electron chi connectivity index (χ3n) is 1.80. The largest absolute Gasteiger partial charge is 0.481 e. The van der Waals surface area contributed by atoms with E-state index >= 15 is 0 Å². The molecule has 0 aliphatic heterocycles. The summed E-state index contributed by atoms with van der Waals surface area (Å²) in [4.78, 5) is 24.6. The highest BCUT2D eigenvalue weighted by Crippen LogP contribution is 2.09. The van der Waals surface area contributed by atoms with Gasteiger partial charge in [0.15, 0.2) is 5.69 Å². The van der Waals surface area contributed by atoms with E-state index in [4.69, 9.17) is 10.2 Å². The Hall–Kier alpha value is -1.47. The van der Waals surface area contributed by atoms with Crippen LogP contribution >= 0.6 is 11.3 Å². The molecule has 1 heterocycles. The summed E-state index contributed by atoms with van der Waals surface area (Å²) in [5.41, 5.74) is 0.0607. The van der Waals surface area contributed by atoms with Crippen LogP contribution in [0.3, 0.4) is 0 Å². The fraction of sp³-hybridized carbons (Fsp3) is 0.444. The van der Waals surface area contributed by atoms with Crippen LogP contribution in [-0.4, -0.2) is 40.2 Å². The summed E-state index contributed by atoms with van der Waals surface area (Å²) in [7, 11) is 0. The smallest absolute Gasteiger partial charge is 0.355 e. The van der Waals surface area contributed by atoms with Gasteiger partial charge >= 0.3 is 11.9 Å². The number of aliphatic carboxylic acids is 1. The Labute approximate surface area is 95.9 Å². The molecule has 1 aromatic heterocycles. The van der Waals surface area contributed by atoms with Gasteiger partial charge < -0.3 is 15.5 Å². The van der Waals surface area contributed by atoms with E-state index in [2.05, 4.69) is 10.3 Å². The number of hydrogen-bond donors (Lipinski definition) is 3. The molecule has 0 unspecified atom stereocenters. The molecule has 0 spiro atoms. The van der Waals surface area contributed by atoms with Gasteiger partial charge in [-0.1, -0.05) is 0 Å². The van der Waals surface area contributed by atoms with Gasteiger partial charge in [0.05, 0.1) is 11.4 Å². The maximum Gasteiger partial charge on any atom is 0.355 e. The van der Waals surface area contributed by atoms with Gasteiger partial charge in [-0.25, -0.2) is 9.78 Å². The second kappa shape index (κ2) is 6.19. The first-order chi connectivity index (χ1) is 7.59. The minimum absolute atomic E-state index is 0.0607. The molecule has 3 N–H and O–H groups in total. The molecule has 0 amide bonds. The van der Waals surface area contributed by atoms with Crippen LogP contribution in [0, 0.1) is 0 Å². The van der Waals surface area contributed by atoms with Crippen LogP contribution < -0.4 is 5.32 Å². The van der Waals surface area contributed by atoms with Crippen molar-refractivity contribution in [1.82, 2.24) is 10.3 Å². The number of carboxylic acid groups (broad SMARTS) is 2. The van der Waals surface area contributed by atoms with Crippen LogP contribution in [0.5, 0.6) is 0 Å². The normalized spacial score (nSPS) is 10.2. The highest BCUT2D eigenvalue weighted by molar-refractivity contribution is 7.09. The molecule has 0 bridgehead atoms. The number of carboxylic acids is 2. The fourth-order valence-corrected chi connectivity index (χ4v) is 1.81. The molecule has 0 aromatic carbocycles. The number of nitrogens with one attached hydrogen (secondary N) is 1. The van der Waals surface area contributed by atoms with Crippen LogP contribution in [0.15, 0.2) is 5.38 Å². The Morgan fingerprint density at radius 2 is 2.12 bits per heavy atom. The van der Waals surface area contributed by atoms with Gasteiger partial charge in [0, 0.05) is 24.9 Å². The van der Waals surface area contributed by atoms with Gasteiger partial charge in [0.2, 0.25) is 0 Å². The van der Waals surface area contributed by atoms with Gasteiger partial charge in [-0.2, -0.15) is 0 Å². The zero-order valence-electron chi connectivity index (χ0n) is 8.47. The molecule has 1 aromatic rings. The number of hydrogen-bond acceptors (Lipinski definition) is 5. The molecule has 0 atom stereocenters. The summed E-state index contributed by atoms with van der Waals surface area (Å²) in [5, 5.41) is 22.2. The first-order valence-corrected chi connectivity index (χ1v) is 5.58. The van der Waals surface area contributed by atoms with E-state index in [-0.39, 0.29) is 12.1 Å². The molecule has 6 nitrogen and oxygen atoms in total. The molecule has 0 radical (unpaired) electrons. The molecule has 0 aliphatic carbocycles. The Bertz CT molecular complexity index is 377. The minimum Gasteiger partial charge on any atom is -0.481 e. The zero-order valence-corrected chi connectivity index (χ0v) is 9.29. The average Bonchev–Trinajstić information content (AvgIpc) is 2.65. The minimum atomic E-state index is -1.03. The Morgan fingerprint density at radius 1 is 1.38 bits per heavy atom. The van der Waals surface area contributed by atoms with E-state index in [1.807, 2.05) is 0 Å². The van der Waals surface area contributed by atoms with Crippen molar-refractivity contribution < 1.29 is 19.8 Å². The summed E-state index contributed by atoms with van der Waals surface area (Å²) < 4.78 is 0. The van der Waals surface area contributed by atoms with Gasteiger partial charge in [-0.05, 0) is 0 Å². The summed E-state index contributed by atoms with van der Waals surface area (Å²) in [6.45, 7) is 1.01. The monoisotopic (exact) mass is 244 g/mol. The van der Waals surface area contributed by atoms with Crippen molar-refractivity contribution in [2.24, 2.45) is 0 Å². The lowest BCUT2D eigenvalue weighted by Gasteiger charge is -1.99. The lowest BCUT2D eigenvalue weighted by atomic mass is 10.4. The molecule has 16 heavy (non-hydrogen) atoms. The highest BCUT2D eigenvalue weighted by atomic mass is 32.1. The summed E-state index contributed by atoms with van der Waals surface area (Å²) in [6, 6.07) is 0. The maximum absolute atomic E-state index is 10.5. The zero-order chi connectivity index (χ0) is 12.0. The van der Waals surface area contributed by atoms with Crippen LogP contribution in [0.25, 0.3) is 0 Å². The highest BCUT2D eigenvalue weighted by Gasteiger charge is 2.07. The SMILES string of the molecule is O=C(O)CCNCCc1nc(C(=O)O)cs1. The van der Waals surface area contributed by atoms with Crippen molar-refractivity contribution in [2.45, 2.75) is 12.8 Å². The molecular formula is C9H12N2O4S. The van der Waals surface area contributed by atoms with E-state index in [0.717, 1.165) is 5.01 Å². The van der Waals surface area contributed by atoms with Crippen molar-refractivity contribution in [3.05, 3.63) is 16.1 Å². The number of aromatic carboxylic acids is 1. The first-order valence-electron chi connectivity index (χ1n) is 4.70. The summed E-state index contributed by atoms with van der Waals surface area (Å²) in [6.07, 6.45) is 0.690. The predicted molar refractivity (Wildman–Crippen MR) is 57.9 cm³/mol. The maximum atomic E-state index is 10.5. The molecule has 0 fully saturated rings. The fourth-order valence-electron chi connectivity index (χ4n) is 1.04. The van der Waals surface area contributed by atoms with Gasteiger partial charge in [0.25, 0.3) is 0 Å². The van der Waals surface area contributed by atoms with Crippen LogP contribution in [0.2, 0.25) is 0 Å². The number of thiazole rings is 1. The van der Waals surface area contributed by atoms with E-state index in [1.54, 1.807) is 0 Å².